The van der Waals surface area contributed by atoms with Crippen molar-refractivity contribution in [3.63, 3.8) is 0 Å². The maximum Gasteiger partial charge on any atom is 0.306 e. The van der Waals surface area contributed by atoms with Crippen LogP contribution in [0.15, 0.2) is 122 Å². The Bertz CT molecular complexity index is 1420. The van der Waals surface area contributed by atoms with Gasteiger partial charge in [-0.05, 0) is 89.9 Å². The maximum absolute atomic E-state index is 12.8. The molecule has 0 bridgehead atoms. The molecule has 0 aromatic heterocycles. The predicted molar refractivity (Wildman–Crippen MR) is 283 cm³/mol. The van der Waals surface area contributed by atoms with Crippen LogP contribution in [-0.2, 0) is 28.6 Å². The van der Waals surface area contributed by atoms with Gasteiger partial charge >= 0.3 is 17.9 Å². The average Bonchev–Trinajstić information content (AvgIpc) is 3.31. The van der Waals surface area contributed by atoms with Crippen LogP contribution >= 0.6 is 0 Å². The molecule has 0 fully saturated rings. The van der Waals surface area contributed by atoms with Gasteiger partial charge in [-0.25, -0.2) is 0 Å². The van der Waals surface area contributed by atoms with E-state index in [9.17, 15) is 14.4 Å². The highest BCUT2D eigenvalue weighted by Crippen LogP contribution is 2.14. The molecule has 0 aromatic rings. The van der Waals surface area contributed by atoms with Gasteiger partial charge in [-0.3, -0.25) is 14.4 Å². The van der Waals surface area contributed by atoms with Crippen molar-refractivity contribution in [1.29, 1.82) is 0 Å². The number of rotatable bonds is 46. The summed E-state index contributed by atoms with van der Waals surface area (Å²) in [7, 11) is 0. The van der Waals surface area contributed by atoms with Gasteiger partial charge in [-0.2, -0.15) is 0 Å². The highest BCUT2D eigenvalue weighted by atomic mass is 16.6. The van der Waals surface area contributed by atoms with Gasteiger partial charge < -0.3 is 14.2 Å². The summed E-state index contributed by atoms with van der Waals surface area (Å²) in [5, 5.41) is 0. The van der Waals surface area contributed by atoms with E-state index in [0.29, 0.717) is 19.3 Å². The fourth-order valence-corrected chi connectivity index (χ4v) is 6.89. The molecule has 0 saturated carbocycles. The standard InChI is InChI=1S/C60H96O6/c1-4-7-10-13-16-19-22-25-27-29-30-31-33-35-38-41-44-47-50-53-59(62)65-56-57(55-64-58(61)52-49-46-43-40-37-34-24-21-18-15-12-9-6-3)66-60(63)54-51-48-45-42-39-36-32-28-26-23-20-17-14-11-8-5-2/h7,9-10,12,15-16,18-19,21,24-25,27-28,32,34,36-37,39-40,43,57H,4-6,8,11,13-14,17,20,22-23,26,29-31,33,35,38,41-42,44-56H2,1-3H3/b10-7-,12-9-,18-15-,19-16-,24-21-,27-25-,32-28-,37-34-,39-36-,43-40-. The molecule has 1 atom stereocenters. The fourth-order valence-electron chi connectivity index (χ4n) is 6.89. The second kappa shape index (κ2) is 53.4. The van der Waals surface area contributed by atoms with E-state index in [2.05, 4.69) is 87.6 Å². The lowest BCUT2D eigenvalue weighted by molar-refractivity contribution is -0.167. The maximum atomic E-state index is 12.8. The Morgan fingerprint density at radius 1 is 0.333 bits per heavy atom. The van der Waals surface area contributed by atoms with Gasteiger partial charge in [0, 0.05) is 19.3 Å². The van der Waals surface area contributed by atoms with E-state index in [0.717, 1.165) is 83.5 Å². The molecule has 0 heterocycles. The molecule has 0 N–H and O–H groups in total. The van der Waals surface area contributed by atoms with Crippen LogP contribution in [0.5, 0.6) is 0 Å². The third-order valence-electron chi connectivity index (χ3n) is 10.8. The summed E-state index contributed by atoms with van der Waals surface area (Å²) in [6.07, 6.45) is 73.4. The molecule has 66 heavy (non-hydrogen) atoms. The van der Waals surface area contributed by atoms with Crippen molar-refractivity contribution < 1.29 is 28.6 Å². The third-order valence-corrected chi connectivity index (χ3v) is 10.8. The van der Waals surface area contributed by atoms with E-state index < -0.39 is 6.10 Å². The van der Waals surface area contributed by atoms with Gasteiger partial charge in [0.25, 0.3) is 0 Å². The number of hydrogen-bond donors (Lipinski definition) is 0. The Kier molecular flexibility index (Phi) is 50.0. The first-order valence-corrected chi connectivity index (χ1v) is 26.6. The molecule has 0 aliphatic carbocycles. The molecule has 6 heteroatoms. The van der Waals surface area contributed by atoms with Gasteiger partial charge in [0.05, 0.1) is 0 Å². The predicted octanol–water partition coefficient (Wildman–Crippen LogP) is 17.7. The second-order valence-corrected chi connectivity index (χ2v) is 17.2. The molecule has 0 radical (unpaired) electrons. The van der Waals surface area contributed by atoms with Gasteiger partial charge in [0.1, 0.15) is 13.2 Å². The number of carbonyl (C=O) groups is 3. The summed E-state index contributed by atoms with van der Waals surface area (Å²) in [6, 6.07) is 0. The second-order valence-electron chi connectivity index (χ2n) is 17.2. The smallest absolute Gasteiger partial charge is 0.306 e. The zero-order valence-electron chi connectivity index (χ0n) is 42.4. The topological polar surface area (TPSA) is 78.9 Å². The van der Waals surface area contributed by atoms with Gasteiger partial charge in [-0.15, -0.1) is 0 Å². The zero-order chi connectivity index (χ0) is 47.9. The molecule has 0 aromatic carbocycles. The van der Waals surface area contributed by atoms with E-state index in [4.69, 9.17) is 14.2 Å². The van der Waals surface area contributed by atoms with E-state index >= 15 is 0 Å². The van der Waals surface area contributed by atoms with Crippen LogP contribution in [0, 0.1) is 0 Å². The number of hydrogen-bond acceptors (Lipinski definition) is 6. The molecule has 0 saturated heterocycles. The molecule has 0 aliphatic rings. The summed E-state index contributed by atoms with van der Waals surface area (Å²) < 4.78 is 16.7. The highest BCUT2D eigenvalue weighted by Gasteiger charge is 2.19. The van der Waals surface area contributed by atoms with Gasteiger partial charge in [0.2, 0.25) is 0 Å². The van der Waals surface area contributed by atoms with Crippen molar-refractivity contribution in [3.05, 3.63) is 122 Å². The van der Waals surface area contributed by atoms with Crippen LogP contribution in [0.4, 0.5) is 0 Å². The normalized spacial score (nSPS) is 13.1. The van der Waals surface area contributed by atoms with Crippen LogP contribution < -0.4 is 0 Å². The molecule has 0 amide bonds. The molecular formula is C60H96O6. The van der Waals surface area contributed by atoms with E-state index in [1.54, 1.807) is 0 Å². The molecule has 1 unspecified atom stereocenters. The van der Waals surface area contributed by atoms with Crippen molar-refractivity contribution in [3.8, 4) is 0 Å². The highest BCUT2D eigenvalue weighted by molar-refractivity contribution is 5.71. The fraction of sp³-hybridized carbons (Fsp3) is 0.617. The van der Waals surface area contributed by atoms with Crippen molar-refractivity contribution in [2.75, 3.05) is 13.2 Å². The monoisotopic (exact) mass is 913 g/mol. The lowest BCUT2D eigenvalue weighted by Crippen LogP contribution is -2.30. The molecular weight excluding hydrogens is 817 g/mol. The third kappa shape index (κ3) is 50.8. The Hall–Kier alpha value is -4.19. The number of ether oxygens (including phenoxy) is 3. The zero-order valence-corrected chi connectivity index (χ0v) is 42.4. The summed E-state index contributed by atoms with van der Waals surface area (Å²) in [5.41, 5.74) is 0. The molecule has 0 rings (SSSR count). The van der Waals surface area contributed by atoms with Crippen molar-refractivity contribution in [2.45, 2.75) is 226 Å². The lowest BCUT2D eigenvalue weighted by atomic mass is 10.1. The minimum Gasteiger partial charge on any atom is -0.462 e. The summed E-state index contributed by atoms with van der Waals surface area (Å²) in [6.45, 7) is 6.28. The lowest BCUT2D eigenvalue weighted by Gasteiger charge is -2.18. The Morgan fingerprint density at radius 2 is 0.682 bits per heavy atom. The minimum absolute atomic E-state index is 0.117. The summed E-state index contributed by atoms with van der Waals surface area (Å²) in [4.78, 5) is 38.0. The van der Waals surface area contributed by atoms with E-state index in [1.807, 2.05) is 54.7 Å². The Labute approximate surface area is 405 Å². The average molecular weight is 913 g/mol. The minimum atomic E-state index is -0.826. The van der Waals surface area contributed by atoms with Gasteiger partial charge in [-0.1, -0.05) is 232 Å². The largest absolute Gasteiger partial charge is 0.462 e. The quantitative estimate of drug-likeness (QED) is 0.0199. The summed E-state index contributed by atoms with van der Waals surface area (Å²) in [5.74, 6) is -1.03. The molecule has 0 spiro atoms. The number of esters is 3. The van der Waals surface area contributed by atoms with E-state index in [-0.39, 0.29) is 44.0 Å². The Morgan fingerprint density at radius 3 is 1.20 bits per heavy atom. The number of carbonyl (C=O) groups excluding carboxylic acids is 3. The van der Waals surface area contributed by atoms with E-state index in [1.165, 1.54) is 83.5 Å². The number of allylic oxidation sites excluding steroid dienone is 20. The van der Waals surface area contributed by atoms with Crippen molar-refractivity contribution in [2.24, 2.45) is 0 Å². The van der Waals surface area contributed by atoms with Crippen LogP contribution in [0.3, 0.4) is 0 Å². The van der Waals surface area contributed by atoms with Crippen molar-refractivity contribution >= 4 is 17.9 Å². The first-order valence-electron chi connectivity index (χ1n) is 26.6. The SMILES string of the molecule is CC\C=C/C=C\C=C/C=C\C=C/CCCC(=O)OCC(COC(=O)CCCCCCCCCCC/C=C\C/C=C\C/C=C\CC)OC(=O)CCCCC/C=C\C=C/CCCCCCCCC. The first kappa shape index (κ1) is 61.8. The summed E-state index contributed by atoms with van der Waals surface area (Å²) >= 11 is 0. The first-order chi connectivity index (χ1) is 32.5. The molecule has 0 aliphatic heterocycles. The van der Waals surface area contributed by atoms with Crippen LogP contribution in [0.25, 0.3) is 0 Å². The Balaban J connectivity index is 4.51. The van der Waals surface area contributed by atoms with Crippen molar-refractivity contribution in [1.82, 2.24) is 0 Å². The molecule has 372 valence electrons. The van der Waals surface area contributed by atoms with Crippen LogP contribution in [0.1, 0.15) is 220 Å². The number of unbranched alkanes of at least 4 members (excludes halogenated alkanes) is 20. The van der Waals surface area contributed by atoms with Crippen LogP contribution in [-0.4, -0.2) is 37.2 Å². The molecule has 6 nitrogen and oxygen atoms in total. The van der Waals surface area contributed by atoms with Crippen LogP contribution in [0.2, 0.25) is 0 Å². The van der Waals surface area contributed by atoms with Gasteiger partial charge in [0.15, 0.2) is 6.10 Å².